The van der Waals surface area contributed by atoms with Crippen LogP contribution in [0.25, 0.3) is 0 Å². The Balaban J connectivity index is 1.65. The monoisotopic (exact) mass is 410 g/mol. The van der Waals surface area contributed by atoms with Gasteiger partial charge in [-0.15, -0.1) is 0 Å². The minimum absolute atomic E-state index is 0.0844. The van der Waals surface area contributed by atoms with Gasteiger partial charge in [0.05, 0.1) is 12.0 Å². The third-order valence-corrected chi connectivity index (χ3v) is 5.78. The van der Waals surface area contributed by atoms with Crippen molar-refractivity contribution in [2.75, 3.05) is 11.8 Å². The number of rotatable bonds is 7. The van der Waals surface area contributed by atoms with Crippen molar-refractivity contribution in [2.45, 2.75) is 18.4 Å². The molecule has 0 unspecified atom stereocenters. The van der Waals surface area contributed by atoms with Crippen LogP contribution in [0.3, 0.4) is 0 Å². The minimum Gasteiger partial charge on any atom is -0.496 e. The van der Waals surface area contributed by atoms with E-state index in [9.17, 15) is 13.2 Å². The van der Waals surface area contributed by atoms with Gasteiger partial charge in [-0.05, 0) is 60.5 Å². The van der Waals surface area contributed by atoms with Crippen LogP contribution in [-0.4, -0.2) is 21.4 Å². The molecule has 0 radical (unpaired) electrons. The Morgan fingerprint density at radius 1 is 0.966 bits per heavy atom. The highest BCUT2D eigenvalue weighted by atomic mass is 32.2. The van der Waals surface area contributed by atoms with Crippen molar-refractivity contribution < 1.29 is 17.9 Å². The summed E-state index contributed by atoms with van der Waals surface area (Å²) in [5, 5.41) is 2.82. The third kappa shape index (κ3) is 5.14. The molecular formula is C22H22N2O4S. The molecule has 0 saturated carbocycles. The quantitative estimate of drug-likeness (QED) is 0.622. The van der Waals surface area contributed by atoms with E-state index in [2.05, 4.69) is 10.0 Å². The Bertz CT molecular complexity index is 1100. The molecule has 1 amide bonds. The van der Waals surface area contributed by atoms with E-state index in [1.165, 1.54) is 24.3 Å². The van der Waals surface area contributed by atoms with Gasteiger partial charge in [-0.1, -0.05) is 30.3 Å². The van der Waals surface area contributed by atoms with E-state index in [0.717, 1.165) is 16.9 Å². The van der Waals surface area contributed by atoms with Gasteiger partial charge in [0.25, 0.3) is 15.9 Å². The van der Waals surface area contributed by atoms with Crippen LogP contribution in [0.4, 0.5) is 5.69 Å². The Hall–Kier alpha value is -3.32. The number of carbonyl (C=O) groups excluding carboxylic acids is 1. The predicted octanol–water partition coefficient (Wildman–Crippen LogP) is 3.73. The number of benzene rings is 3. The Labute approximate surface area is 170 Å². The summed E-state index contributed by atoms with van der Waals surface area (Å²) in [6.45, 7) is 2.29. The highest BCUT2D eigenvalue weighted by molar-refractivity contribution is 7.92. The first-order valence-electron chi connectivity index (χ1n) is 8.99. The van der Waals surface area contributed by atoms with Crippen molar-refractivity contribution in [1.82, 2.24) is 5.32 Å². The van der Waals surface area contributed by atoms with E-state index in [-0.39, 0.29) is 10.8 Å². The number of methoxy groups -OCH3 is 1. The molecule has 0 aliphatic heterocycles. The normalized spacial score (nSPS) is 11.0. The molecule has 150 valence electrons. The highest BCUT2D eigenvalue weighted by Gasteiger charge is 2.15. The van der Waals surface area contributed by atoms with Crippen LogP contribution in [0.1, 0.15) is 21.5 Å². The molecule has 3 aromatic rings. The van der Waals surface area contributed by atoms with Crippen LogP contribution in [0.5, 0.6) is 5.75 Å². The number of anilines is 1. The van der Waals surface area contributed by atoms with Crippen molar-refractivity contribution in [1.29, 1.82) is 0 Å². The van der Waals surface area contributed by atoms with Gasteiger partial charge in [0, 0.05) is 17.8 Å². The molecule has 0 bridgehead atoms. The maximum atomic E-state index is 12.5. The minimum atomic E-state index is -3.72. The lowest BCUT2D eigenvalue weighted by Crippen LogP contribution is -2.23. The molecule has 0 aromatic heterocycles. The first kappa shape index (κ1) is 20.4. The van der Waals surface area contributed by atoms with Crippen LogP contribution in [0.2, 0.25) is 0 Å². The maximum absolute atomic E-state index is 12.5. The molecule has 0 saturated heterocycles. The lowest BCUT2D eigenvalue weighted by atomic mass is 10.1. The summed E-state index contributed by atoms with van der Waals surface area (Å²) in [6, 6.07) is 20.2. The number of carbonyl (C=O) groups is 1. The Kier molecular flexibility index (Phi) is 6.19. The van der Waals surface area contributed by atoms with Gasteiger partial charge in [-0.3, -0.25) is 9.52 Å². The smallest absolute Gasteiger partial charge is 0.261 e. The molecule has 3 rings (SSSR count). The molecule has 2 N–H and O–H groups in total. The van der Waals surface area contributed by atoms with Crippen LogP contribution in [-0.2, 0) is 16.6 Å². The predicted molar refractivity (Wildman–Crippen MR) is 113 cm³/mol. The summed E-state index contributed by atoms with van der Waals surface area (Å²) in [6.07, 6.45) is 0. The van der Waals surface area contributed by atoms with Gasteiger partial charge < -0.3 is 10.1 Å². The fourth-order valence-corrected chi connectivity index (χ4v) is 3.82. The summed E-state index contributed by atoms with van der Waals surface area (Å²) in [4.78, 5) is 12.5. The zero-order valence-electron chi connectivity index (χ0n) is 16.2. The molecule has 0 spiro atoms. The number of hydrogen-bond acceptors (Lipinski definition) is 4. The molecule has 0 aliphatic carbocycles. The molecule has 0 atom stereocenters. The average molecular weight is 410 g/mol. The fraction of sp³-hybridized carbons (Fsp3) is 0.136. The molecular weight excluding hydrogens is 388 g/mol. The first-order chi connectivity index (χ1) is 13.9. The molecule has 0 heterocycles. The van der Waals surface area contributed by atoms with E-state index in [1.54, 1.807) is 37.4 Å². The SMILES string of the molecule is COc1cc(CNC(=O)c2ccc(S(=O)(=O)Nc3ccccc3)cc2)ccc1C. The Morgan fingerprint density at radius 3 is 2.31 bits per heavy atom. The maximum Gasteiger partial charge on any atom is 0.261 e. The van der Waals surface area contributed by atoms with Crippen LogP contribution in [0.15, 0.2) is 77.7 Å². The lowest BCUT2D eigenvalue weighted by molar-refractivity contribution is 0.0950. The standard InChI is InChI=1S/C22H22N2O4S/c1-16-8-9-17(14-21(16)28-2)15-23-22(25)18-10-12-20(13-11-18)29(26,27)24-19-6-4-3-5-7-19/h3-14,24H,15H2,1-2H3,(H,23,25). The van der Waals surface area contributed by atoms with Crippen LogP contribution < -0.4 is 14.8 Å². The zero-order chi connectivity index (χ0) is 20.9. The van der Waals surface area contributed by atoms with Gasteiger partial charge in [-0.2, -0.15) is 0 Å². The number of para-hydroxylation sites is 1. The number of hydrogen-bond donors (Lipinski definition) is 2. The van der Waals surface area contributed by atoms with Crippen molar-refractivity contribution >= 4 is 21.6 Å². The number of ether oxygens (including phenoxy) is 1. The van der Waals surface area contributed by atoms with Crippen molar-refractivity contribution in [2.24, 2.45) is 0 Å². The molecule has 3 aromatic carbocycles. The summed E-state index contributed by atoms with van der Waals surface area (Å²) in [5.74, 6) is 0.474. The van der Waals surface area contributed by atoms with E-state index in [1.807, 2.05) is 25.1 Å². The summed E-state index contributed by atoms with van der Waals surface area (Å²) in [5.41, 5.74) is 2.78. The molecule has 29 heavy (non-hydrogen) atoms. The Morgan fingerprint density at radius 2 is 1.66 bits per heavy atom. The second kappa shape index (κ2) is 8.79. The number of aryl methyl sites for hydroxylation is 1. The summed E-state index contributed by atoms with van der Waals surface area (Å²) >= 11 is 0. The fourth-order valence-electron chi connectivity index (χ4n) is 2.76. The van der Waals surface area contributed by atoms with Crippen molar-refractivity contribution in [3.8, 4) is 5.75 Å². The highest BCUT2D eigenvalue weighted by Crippen LogP contribution is 2.19. The largest absolute Gasteiger partial charge is 0.496 e. The molecule has 0 aliphatic rings. The topological polar surface area (TPSA) is 84.5 Å². The molecule has 7 heteroatoms. The van der Waals surface area contributed by atoms with Crippen molar-refractivity contribution in [3.63, 3.8) is 0 Å². The molecule has 0 fully saturated rings. The average Bonchev–Trinajstić information content (AvgIpc) is 2.73. The van der Waals surface area contributed by atoms with Gasteiger partial charge in [0.15, 0.2) is 0 Å². The van der Waals surface area contributed by atoms with Crippen molar-refractivity contribution in [3.05, 3.63) is 89.5 Å². The molecule has 6 nitrogen and oxygen atoms in total. The van der Waals surface area contributed by atoms with Crippen LogP contribution >= 0.6 is 0 Å². The van der Waals surface area contributed by atoms with Crippen LogP contribution in [0, 0.1) is 6.92 Å². The van der Waals surface area contributed by atoms with E-state index >= 15 is 0 Å². The number of amides is 1. The number of sulfonamides is 1. The van der Waals surface area contributed by atoms with E-state index < -0.39 is 10.0 Å². The summed E-state index contributed by atoms with van der Waals surface area (Å²) in [7, 11) is -2.11. The summed E-state index contributed by atoms with van der Waals surface area (Å²) < 4.78 is 32.7. The van der Waals surface area contributed by atoms with Gasteiger partial charge >= 0.3 is 0 Å². The van der Waals surface area contributed by atoms with Gasteiger partial charge in [-0.25, -0.2) is 8.42 Å². The number of nitrogens with one attached hydrogen (secondary N) is 2. The first-order valence-corrected chi connectivity index (χ1v) is 10.5. The van der Waals surface area contributed by atoms with Gasteiger partial charge in [0.2, 0.25) is 0 Å². The third-order valence-electron chi connectivity index (χ3n) is 4.38. The zero-order valence-corrected chi connectivity index (χ0v) is 17.0. The van der Waals surface area contributed by atoms with Gasteiger partial charge in [0.1, 0.15) is 5.75 Å². The second-order valence-electron chi connectivity index (χ2n) is 6.48. The van der Waals surface area contributed by atoms with E-state index in [0.29, 0.717) is 17.8 Å². The second-order valence-corrected chi connectivity index (χ2v) is 8.16. The van der Waals surface area contributed by atoms with E-state index in [4.69, 9.17) is 4.74 Å². The lowest BCUT2D eigenvalue weighted by Gasteiger charge is -2.10.